The van der Waals surface area contributed by atoms with Crippen LogP contribution in [0, 0.1) is 6.92 Å². The normalized spacial score (nSPS) is 10.9. The molecule has 4 nitrogen and oxygen atoms in total. The Morgan fingerprint density at radius 2 is 2.17 bits per heavy atom. The molecule has 1 aromatic carbocycles. The Bertz CT molecular complexity index is 599. The lowest BCUT2D eigenvalue weighted by atomic mass is 10.0. The van der Waals surface area contributed by atoms with Crippen molar-refractivity contribution >= 4 is 16.7 Å². The summed E-state index contributed by atoms with van der Waals surface area (Å²) in [6.07, 6.45) is 1.87. The zero-order chi connectivity index (χ0) is 13.3. The van der Waals surface area contributed by atoms with Crippen molar-refractivity contribution in [2.75, 3.05) is 20.7 Å². The Labute approximate surface area is 107 Å². The van der Waals surface area contributed by atoms with Crippen LogP contribution in [0.25, 0.3) is 10.9 Å². The van der Waals surface area contributed by atoms with Gasteiger partial charge in [0.1, 0.15) is 5.75 Å². The van der Waals surface area contributed by atoms with Crippen LogP contribution in [0.5, 0.6) is 5.75 Å². The lowest BCUT2D eigenvalue weighted by Gasteiger charge is -2.07. The van der Waals surface area contributed by atoms with Gasteiger partial charge in [-0.2, -0.15) is 0 Å². The van der Waals surface area contributed by atoms with Crippen molar-refractivity contribution in [1.29, 1.82) is 0 Å². The highest BCUT2D eigenvalue weighted by molar-refractivity contribution is 6.11. The van der Waals surface area contributed by atoms with E-state index in [0.717, 1.165) is 27.8 Å². The maximum Gasteiger partial charge on any atom is 0.178 e. The lowest BCUT2D eigenvalue weighted by molar-refractivity contribution is 0.0995. The van der Waals surface area contributed by atoms with Gasteiger partial charge in [-0.25, -0.2) is 0 Å². The molecule has 2 aromatic rings. The zero-order valence-electron chi connectivity index (χ0n) is 11.2. The molecule has 0 saturated heterocycles. The number of nitrogens with zero attached hydrogens (tertiary/aromatic N) is 1. The van der Waals surface area contributed by atoms with Crippen LogP contribution in [0.2, 0.25) is 0 Å². The molecule has 0 aliphatic rings. The van der Waals surface area contributed by atoms with Crippen molar-refractivity contribution in [1.82, 2.24) is 9.88 Å². The average molecular weight is 246 g/mol. The molecule has 0 amide bonds. The summed E-state index contributed by atoms with van der Waals surface area (Å²) in [5, 5.41) is 3.88. The largest absolute Gasteiger partial charge is 0.495 e. The summed E-state index contributed by atoms with van der Waals surface area (Å²) >= 11 is 0. The Kier molecular flexibility index (Phi) is 3.39. The zero-order valence-corrected chi connectivity index (χ0v) is 11.2. The number of ether oxygens (including phenoxy) is 1. The predicted octanol–water partition coefficient (Wildman–Crippen LogP) is 1.90. The second kappa shape index (κ2) is 4.82. The number of Topliss-reactive ketones (excluding diaryl/α,β-unsaturated/α-hetero) is 1. The van der Waals surface area contributed by atoms with Crippen molar-refractivity contribution in [3.05, 3.63) is 29.5 Å². The molecule has 0 fully saturated rings. The van der Waals surface area contributed by atoms with Gasteiger partial charge in [0.25, 0.3) is 0 Å². The molecule has 1 heterocycles. The molecule has 0 saturated carbocycles. The van der Waals surface area contributed by atoms with Crippen molar-refractivity contribution in [3.63, 3.8) is 0 Å². The van der Waals surface area contributed by atoms with Crippen LogP contribution in [-0.2, 0) is 7.05 Å². The van der Waals surface area contributed by atoms with Crippen LogP contribution in [0.4, 0.5) is 0 Å². The maximum absolute atomic E-state index is 12.1. The van der Waals surface area contributed by atoms with E-state index in [0.29, 0.717) is 6.54 Å². The second-order valence-corrected chi connectivity index (χ2v) is 4.42. The molecule has 18 heavy (non-hydrogen) atoms. The smallest absolute Gasteiger partial charge is 0.178 e. The van der Waals surface area contributed by atoms with Crippen LogP contribution >= 0.6 is 0 Å². The van der Waals surface area contributed by atoms with Gasteiger partial charge in [0, 0.05) is 24.2 Å². The van der Waals surface area contributed by atoms with Crippen molar-refractivity contribution in [3.8, 4) is 5.75 Å². The van der Waals surface area contributed by atoms with Gasteiger partial charge in [-0.05, 0) is 25.6 Å². The summed E-state index contributed by atoms with van der Waals surface area (Å²) in [6, 6.07) is 3.92. The average Bonchev–Trinajstić information content (AvgIpc) is 2.70. The van der Waals surface area contributed by atoms with Gasteiger partial charge >= 0.3 is 0 Å². The van der Waals surface area contributed by atoms with Gasteiger partial charge in [-0.3, -0.25) is 4.79 Å². The number of hydrogen-bond acceptors (Lipinski definition) is 3. The van der Waals surface area contributed by atoms with Gasteiger partial charge in [0.15, 0.2) is 5.78 Å². The van der Waals surface area contributed by atoms with Crippen molar-refractivity contribution < 1.29 is 9.53 Å². The molecule has 0 atom stereocenters. The minimum Gasteiger partial charge on any atom is -0.495 e. The number of hydrogen-bond donors (Lipinski definition) is 1. The van der Waals surface area contributed by atoms with E-state index in [9.17, 15) is 4.79 Å². The molecule has 0 aliphatic heterocycles. The predicted molar refractivity (Wildman–Crippen MR) is 72.5 cm³/mol. The third-order valence-electron chi connectivity index (χ3n) is 3.15. The highest BCUT2D eigenvalue weighted by Gasteiger charge is 2.17. The number of nitrogens with one attached hydrogen (secondary N) is 1. The van der Waals surface area contributed by atoms with E-state index in [4.69, 9.17) is 4.74 Å². The number of methoxy groups -OCH3 is 1. The summed E-state index contributed by atoms with van der Waals surface area (Å²) in [5.74, 6) is 0.890. The van der Waals surface area contributed by atoms with Crippen LogP contribution < -0.4 is 10.1 Å². The first-order valence-corrected chi connectivity index (χ1v) is 5.90. The van der Waals surface area contributed by atoms with E-state index >= 15 is 0 Å². The van der Waals surface area contributed by atoms with E-state index in [1.54, 1.807) is 14.2 Å². The molecule has 2 rings (SSSR count). The monoisotopic (exact) mass is 246 g/mol. The van der Waals surface area contributed by atoms with Gasteiger partial charge < -0.3 is 14.6 Å². The number of rotatable bonds is 4. The highest BCUT2D eigenvalue weighted by atomic mass is 16.5. The standard InChI is InChI=1S/C14H18N2O2/c1-9-5-6-12(18-4)14-13(9)10(8-16(14)3)11(17)7-15-2/h5-6,8,15H,7H2,1-4H3. The number of carbonyl (C=O) groups excluding carboxylic acids is 1. The minimum absolute atomic E-state index is 0.0967. The van der Waals surface area contributed by atoms with E-state index < -0.39 is 0 Å². The SMILES string of the molecule is CNCC(=O)c1cn(C)c2c(OC)ccc(C)c12. The number of likely N-dealkylation sites (N-methyl/N-ethyl adjacent to an activating group) is 1. The lowest BCUT2D eigenvalue weighted by Crippen LogP contribution is -2.18. The van der Waals surface area contributed by atoms with Crippen LogP contribution in [0.1, 0.15) is 15.9 Å². The fraction of sp³-hybridized carbons (Fsp3) is 0.357. The molecule has 4 heteroatoms. The van der Waals surface area contributed by atoms with Crippen molar-refractivity contribution in [2.24, 2.45) is 7.05 Å². The Morgan fingerprint density at radius 3 is 2.78 bits per heavy atom. The molecular weight excluding hydrogens is 228 g/mol. The number of fused-ring (bicyclic) bond motifs is 1. The first kappa shape index (κ1) is 12.6. The summed E-state index contributed by atoms with van der Waals surface area (Å²) in [5.41, 5.74) is 2.81. The van der Waals surface area contributed by atoms with Gasteiger partial charge in [0.2, 0.25) is 0 Å². The van der Waals surface area contributed by atoms with Crippen LogP contribution in [-0.4, -0.2) is 31.1 Å². The summed E-state index contributed by atoms with van der Waals surface area (Å²) in [4.78, 5) is 12.1. The molecule has 1 aromatic heterocycles. The molecule has 0 unspecified atom stereocenters. The third kappa shape index (κ3) is 1.88. The van der Waals surface area contributed by atoms with Crippen molar-refractivity contribution in [2.45, 2.75) is 6.92 Å². The van der Waals surface area contributed by atoms with E-state index in [2.05, 4.69) is 5.32 Å². The topological polar surface area (TPSA) is 43.3 Å². The van der Waals surface area contributed by atoms with E-state index in [-0.39, 0.29) is 5.78 Å². The van der Waals surface area contributed by atoms with Gasteiger partial charge in [-0.1, -0.05) is 6.07 Å². The number of carbonyl (C=O) groups is 1. The Morgan fingerprint density at radius 1 is 1.44 bits per heavy atom. The molecule has 1 N–H and O–H groups in total. The van der Waals surface area contributed by atoms with Gasteiger partial charge in [0.05, 0.1) is 19.2 Å². The number of aromatic nitrogens is 1. The quantitative estimate of drug-likeness (QED) is 0.838. The summed E-state index contributed by atoms with van der Waals surface area (Å²) in [6.45, 7) is 2.35. The molecule has 0 radical (unpaired) electrons. The van der Waals surface area contributed by atoms with Gasteiger partial charge in [-0.15, -0.1) is 0 Å². The molecule has 96 valence electrons. The number of ketones is 1. The Balaban J connectivity index is 2.74. The first-order chi connectivity index (χ1) is 8.60. The summed E-state index contributed by atoms with van der Waals surface area (Å²) < 4.78 is 7.32. The molecule has 0 aliphatic carbocycles. The molecule has 0 bridgehead atoms. The van der Waals surface area contributed by atoms with Crippen LogP contribution in [0.15, 0.2) is 18.3 Å². The molecular formula is C14H18N2O2. The second-order valence-electron chi connectivity index (χ2n) is 4.42. The maximum atomic E-state index is 12.1. The fourth-order valence-electron chi connectivity index (χ4n) is 2.32. The highest BCUT2D eigenvalue weighted by Crippen LogP contribution is 2.32. The van der Waals surface area contributed by atoms with E-state index in [1.807, 2.05) is 36.9 Å². The first-order valence-electron chi connectivity index (χ1n) is 5.90. The summed E-state index contributed by atoms with van der Waals surface area (Å²) in [7, 11) is 5.35. The fourth-order valence-corrected chi connectivity index (χ4v) is 2.32. The Hall–Kier alpha value is -1.81. The van der Waals surface area contributed by atoms with Crippen LogP contribution in [0.3, 0.4) is 0 Å². The molecule has 0 spiro atoms. The minimum atomic E-state index is 0.0967. The third-order valence-corrected chi connectivity index (χ3v) is 3.15. The number of benzene rings is 1. The number of aryl methyl sites for hydroxylation is 2. The van der Waals surface area contributed by atoms with E-state index in [1.165, 1.54) is 0 Å².